The van der Waals surface area contributed by atoms with Gasteiger partial charge in [0, 0.05) is 31.5 Å². The van der Waals surface area contributed by atoms with Gasteiger partial charge >= 0.3 is 0 Å². The fourth-order valence-electron chi connectivity index (χ4n) is 2.88. The van der Waals surface area contributed by atoms with Gasteiger partial charge in [-0.2, -0.15) is 0 Å². The molecule has 1 heterocycles. The second-order valence-electron chi connectivity index (χ2n) is 5.33. The largest absolute Gasteiger partial charge is 0.344 e. The molecule has 106 valence electrons. The molecule has 1 unspecified atom stereocenters. The highest BCUT2D eigenvalue weighted by atomic mass is 16.2. The molecule has 4 heteroatoms. The molecule has 19 heavy (non-hydrogen) atoms. The molecule has 0 radical (unpaired) electrons. The van der Waals surface area contributed by atoms with Crippen LogP contribution in [0.2, 0.25) is 0 Å². The summed E-state index contributed by atoms with van der Waals surface area (Å²) >= 11 is 0. The van der Waals surface area contributed by atoms with Crippen LogP contribution in [0.1, 0.15) is 50.3 Å². The van der Waals surface area contributed by atoms with E-state index >= 15 is 0 Å². The molecule has 1 aromatic heterocycles. The van der Waals surface area contributed by atoms with Crippen LogP contribution in [-0.2, 0) is 17.8 Å². The van der Waals surface area contributed by atoms with E-state index in [2.05, 4.69) is 12.4 Å². The Hall–Kier alpha value is -1.29. The van der Waals surface area contributed by atoms with Crippen molar-refractivity contribution < 1.29 is 4.79 Å². The predicted octanol–water partition coefficient (Wildman–Crippen LogP) is 2.08. The number of amides is 1. The van der Waals surface area contributed by atoms with E-state index in [0.717, 1.165) is 25.9 Å². The number of nitrogens with two attached hydrogens (primary N) is 1. The van der Waals surface area contributed by atoms with Gasteiger partial charge in [-0.3, -0.25) is 4.79 Å². The maximum absolute atomic E-state index is 12.1. The lowest BCUT2D eigenvalue weighted by molar-refractivity contribution is -0.131. The molecule has 0 aliphatic heterocycles. The molecule has 1 aliphatic carbocycles. The molecule has 0 saturated carbocycles. The molecule has 1 atom stereocenters. The van der Waals surface area contributed by atoms with Crippen LogP contribution in [0, 0.1) is 0 Å². The summed E-state index contributed by atoms with van der Waals surface area (Å²) in [6.07, 6.45) is 8.74. The number of hydrogen-bond donors (Lipinski definition) is 1. The Morgan fingerprint density at radius 1 is 1.37 bits per heavy atom. The third kappa shape index (κ3) is 3.18. The van der Waals surface area contributed by atoms with Crippen LogP contribution >= 0.6 is 0 Å². The van der Waals surface area contributed by atoms with Crippen LogP contribution in [0.4, 0.5) is 0 Å². The van der Waals surface area contributed by atoms with Crippen molar-refractivity contribution in [2.24, 2.45) is 5.73 Å². The zero-order valence-electron chi connectivity index (χ0n) is 12.1. The maximum Gasteiger partial charge on any atom is 0.242 e. The van der Waals surface area contributed by atoms with Gasteiger partial charge in [0.2, 0.25) is 5.91 Å². The summed E-state index contributed by atoms with van der Waals surface area (Å²) in [6.45, 7) is 6.01. The van der Waals surface area contributed by atoms with E-state index in [1.54, 1.807) is 0 Å². The lowest BCUT2D eigenvalue weighted by Gasteiger charge is -2.18. The average molecular weight is 263 g/mol. The van der Waals surface area contributed by atoms with Crippen molar-refractivity contribution in [3.63, 3.8) is 0 Å². The van der Waals surface area contributed by atoms with E-state index < -0.39 is 0 Å². The molecule has 0 aromatic carbocycles. The number of aromatic nitrogens is 1. The number of hydrogen-bond acceptors (Lipinski definition) is 2. The Kier molecular flexibility index (Phi) is 4.64. The smallest absolute Gasteiger partial charge is 0.242 e. The summed E-state index contributed by atoms with van der Waals surface area (Å²) in [5.41, 5.74) is 8.77. The Morgan fingerprint density at radius 3 is 2.79 bits per heavy atom. The van der Waals surface area contributed by atoms with E-state index in [9.17, 15) is 4.79 Å². The second-order valence-corrected chi connectivity index (χ2v) is 5.33. The zero-order valence-corrected chi connectivity index (χ0v) is 12.1. The molecule has 2 rings (SSSR count). The second kappa shape index (κ2) is 6.24. The van der Waals surface area contributed by atoms with E-state index in [1.165, 1.54) is 24.0 Å². The third-order valence-corrected chi connectivity index (χ3v) is 4.04. The quantitative estimate of drug-likeness (QED) is 0.846. The molecule has 4 nitrogen and oxygen atoms in total. The van der Waals surface area contributed by atoms with Gasteiger partial charge in [0.25, 0.3) is 0 Å². The average Bonchev–Trinajstić information content (AvgIpc) is 2.71. The van der Waals surface area contributed by atoms with E-state index in [4.69, 9.17) is 5.73 Å². The first-order chi connectivity index (χ1) is 9.15. The minimum atomic E-state index is 0.141. The molecule has 0 bridgehead atoms. The molecule has 0 saturated heterocycles. The number of fused-ring (bicyclic) bond motifs is 1. The van der Waals surface area contributed by atoms with Crippen LogP contribution in [0.3, 0.4) is 0 Å². The van der Waals surface area contributed by atoms with Crippen LogP contribution in [0.15, 0.2) is 12.4 Å². The summed E-state index contributed by atoms with van der Waals surface area (Å²) in [4.78, 5) is 14.0. The number of carbonyl (C=O) groups is 1. The maximum atomic E-state index is 12.1. The van der Waals surface area contributed by atoms with Crippen molar-refractivity contribution in [2.45, 2.75) is 52.1 Å². The summed E-state index contributed by atoms with van der Waals surface area (Å²) in [5, 5.41) is 0. The number of carbonyl (C=O) groups excluding carboxylic acids is 1. The minimum Gasteiger partial charge on any atom is -0.344 e. The van der Waals surface area contributed by atoms with Crippen molar-refractivity contribution in [2.75, 3.05) is 13.1 Å². The molecule has 2 N–H and O–H groups in total. The Balaban J connectivity index is 2.10. The van der Waals surface area contributed by atoms with Crippen LogP contribution in [-0.4, -0.2) is 28.5 Å². The van der Waals surface area contributed by atoms with E-state index in [0.29, 0.717) is 6.54 Å². The van der Waals surface area contributed by atoms with Crippen LogP contribution in [0.25, 0.3) is 0 Å². The monoisotopic (exact) mass is 263 g/mol. The molecular weight excluding hydrogens is 238 g/mol. The van der Waals surface area contributed by atoms with Gasteiger partial charge in [0.05, 0.1) is 0 Å². The zero-order chi connectivity index (χ0) is 13.8. The Morgan fingerprint density at radius 2 is 2.11 bits per heavy atom. The summed E-state index contributed by atoms with van der Waals surface area (Å²) in [5.74, 6) is 0.184. The van der Waals surface area contributed by atoms with Gasteiger partial charge in [-0.1, -0.05) is 6.42 Å². The van der Waals surface area contributed by atoms with Gasteiger partial charge in [0.1, 0.15) is 6.54 Å². The van der Waals surface area contributed by atoms with Crippen molar-refractivity contribution in [1.82, 2.24) is 9.47 Å². The summed E-state index contributed by atoms with van der Waals surface area (Å²) in [7, 11) is 0. The van der Waals surface area contributed by atoms with Gasteiger partial charge in [0.15, 0.2) is 0 Å². The molecule has 0 fully saturated rings. The molecular formula is C15H25N3O. The molecule has 1 aromatic rings. The van der Waals surface area contributed by atoms with Crippen LogP contribution in [0.5, 0.6) is 0 Å². The first kappa shape index (κ1) is 14.1. The highest BCUT2D eigenvalue weighted by Gasteiger charge is 2.18. The van der Waals surface area contributed by atoms with Crippen molar-refractivity contribution in [3.8, 4) is 0 Å². The minimum absolute atomic E-state index is 0.141. The highest BCUT2D eigenvalue weighted by molar-refractivity contribution is 5.76. The number of rotatable bonds is 4. The van der Waals surface area contributed by atoms with Crippen molar-refractivity contribution >= 4 is 5.91 Å². The number of aryl methyl sites for hydroxylation is 1. The standard InChI is InChI=1S/C15H25N3O/c1-3-18(4-2)15(19)11-17-9-12-7-5-6-8-14(16)13(12)10-17/h9-10,14H,3-8,11,16H2,1-2H3. The van der Waals surface area contributed by atoms with Gasteiger partial charge in [-0.05, 0) is 44.2 Å². The van der Waals surface area contributed by atoms with Crippen molar-refractivity contribution in [1.29, 1.82) is 0 Å². The van der Waals surface area contributed by atoms with E-state index in [1.807, 2.05) is 23.3 Å². The lowest BCUT2D eigenvalue weighted by Crippen LogP contribution is -2.33. The third-order valence-electron chi connectivity index (χ3n) is 4.04. The first-order valence-electron chi connectivity index (χ1n) is 7.37. The number of likely N-dealkylation sites (N-methyl/N-ethyl adjacent to an activating group) is 1. The van der Waals surface area contributed by atoms with Crippen LogP contribution < -0.4 is 5.73 Å². The molecule has 1 amide bonds. The number of nitrogens with zero attached hydrogens (tertiary/aromatic N) is 2. The van der Waals surface area contributed by atoms with E-state index in [-0.39, 0.29) is 11.9 Å². The van der Waals surface area contributed by atoms with Crippen molar-refractivity contribution in [3.05, 3.63) is 23.5 Å². The Bertz CT molecular complexity index is 435. The summed E-state index contributed by atoms with van der Waals surface area (Å²) < 4.78 is 2.01. The highest BCUT2D eigenvalue weighted by Crippen LogP contribution is 2.27. The predicted molar refractivity (Wildman–Crippen MR) is 76.8 cm³/mol. The molecule has 0 spiro atoms. The first-order valence-corrected chi connectivity index (χ1v) is 7.37. The fourth-order valence-corrected chi connectivity index (χ4v) is 2.88. The van der Waals surface area contributed by atoms with Gasteiger partial charge in [-0.15, -0.1) is 0 Å². The normalized spacial score (nSPS) is 18.8. The Labute approximate surface area is 115 Å². The summed E-state index contributed by atoms with van der Waals surface area (Å²) in [6, 6.07) is 0.141. The topological polar surface area (TPSA) is 51.3 Å². The SMILES string of the molecule is CCN(CC)C(=O)Cn1cc2c(c1)C(N)CCCC2. The van der Waals surface area contributed by atoms with Gasteiger partial charge in [-0.25, -0.2) is 0 Å². The fraction of sp³-hybridized carbons (Fsp3) is 0.667. The molecule has 1 aliphatic rings. The lowest BCUT2D eigenvalue weighted by atomic mass is 10.1. The van der Waals surface area contributed by atoms with Gasteiger partial charge < -0.3 is 15.2 Å².